The van der Waals surface area contributed by atoms with Crippen molar-refractivity contribution in [1.29, 1.82) is 0 Å². The zero-order valence-corrected chi connectivity index (χ0v) is 8.30. The SMILES string of the molecule is Cn1c(=O)c2ccc[n+]([O-])c2n(C)c1=O. The summed E-state index contributed by atoms with van der Waals surface area (Å²) in [6.45, 7) is 0. The van der Waals surface area contributed by atoms with Crippen molar-refractivity contribution in [3.8, 4) is 0 Å². The molecule has 2 rings (SSSR count). The fourth-order valence-electron chi connectivity index (χ4n) is 1.56. The standard InChI is InChI=1S/C9H9N3O3/c1-10-7-6(4-3-5-12(7)15)8(13)11(2)9(10)14/h3-5H,1-2H3. The molecule has 0 fully saturated rings. The molecule has 0 aliphatic rings. The zero-order valence-electron chi connectivity index (χ0n) is 8.30. The second kappa shape index (κ2) is 2.94. The molecule has 78 valence electrons. The van der Waals surface area contributed by atoms with Crippen molar-refractivity contribution in [1.82, 2.24) is 9.13 Å². The smallest absolute Gasteiger partial charge is 0.417 e. The third kappa shape index (κ3) is 1.14. The van der Waals surface area contributed by atoms with Crippen molar-refractivity contribution in [2.45, 2.75) is 0 Å². The Morgan fingerprint density at radius 1 is 1.27 bits per heavy atom. The van der Waals surface area contributed by atoms with Crippen LogP contribution in [-0.2, 0) is 14.1 Å². The first-order chi connectivity index (χ1) is 7.04. The van der Waals surface area contributed by atoms with Crippen LogP contribution in [-0.4, -0.2) is 9.13 Å². The number of fused-ring (bicyclic) bond motifs is 1. The molecule has 6 heteroatoms. The molecule has 0 saturated heterocycles. The molecule has 15 heavy (non-hydrogen) atoms. The van der Waals surface area contributed by atoms with E-state index in [-0.39, 0.29) is 11.0 Å². The van der Waals surface area contributed by atoms with Gasteiger partial charge in [-0.25, -0.2) is 14.1 Å². The van der Waals surface area contributed by atoms with Crippen LogP contribution >= 0.6 is 0 Å². The minimum atomic E-state index is -0.511. The summed E-state index contributed by atoms with van der Waals surface area (Å²) in [7, 11) is 2.84. The van der Waals surface area contributed by atoms with E-state index in [0.717, 1.165) is 9.13 Å². The maximum atomic E-state index is 11.7. The van der Waals surface area contributed by atoms with Crippen molar-refractivity contribution in [2.75, 3.05) is 0 Å². The first-order valence-corrected chi connectivity index (χ1v) is 4.32. The Labute approximate surface area is 84.2 Å². The van der Waals surface area contributed by atoms with Crippen LogP contribution in [0.25, 0.3) is 11.0 Å². The van der Waals surface area contributed by atoms with Crippen molar-refractivity contribution in [2.24, 2.45) is 14.1 Å². The van der Waals surface area contributed by atoms with Gasteiger partial charge in [0.1, 0.15) is 5.39 Å². The number of pyridine rings is 1. The van der Waals surface area contributed by atoms with Gasteiger partial charge in [-0.15, -0.1) is 0 Å². The molecule has 0 radical (unpaired) electrons. The maximum absolute atomic E-state index is 11.7. The van der Waals surface area contributed by atoms with E-state index in [1.165, 1.54) is 32.4 Å². The van der Waals surface area contributed by atoms with Gasteiger partial charge < -0.3 is 5.21 Å². The van der Waals surface area contributed by atoms with Gasteiger partial charge in [0.25, 0.3) is 5.56 Å². The third-order valence-electron chi connectivity index (χ3n) is 2.36. The molecular weight excluding hydrogens is 198 g/mol. The van der Waals surface area contributed by atoms with Crippen LogP contribution in [0.3, 0.4) is 0 Å². The van der Waals surface area contributed by atoms with E-state index in [9.17, 15) is 14.8 Å². The Kier molecular flexibility index (Phi) is 1.85. The Bertz CT molecular complexity index is 654. The molecule has 2 heterocycles. The van der Waals surface area contributed by atoms with Gasteiger partial charge in [-0.1, -0.05) is 0 Å². The van der Waals surface area contributed by atoms with Crippen LogP contribution in [0.15, 0.2) is 27.9 Å². The number of rotatable bonds is 0. The average Bonchev–Trinajstić information content (AvgIpc) is 2.23. The van der Waals surface area contributed by atoms with E-state index in [4.69, 9.17) is 0 Å². The molecule has 0 aromatic carbocycles. The molecule has 0 atom stereocenters. The fraction of sp³-hybridized carbons (Fsp3) is 0.222. The lowest BCUT2D eigenvalue weighted by Crippen LogP contribution is -2.42. The number of aryl methyl sites for hydroxylation is 1. The maximum Gasteiger partial charge on any atom is 0.417 e. The highest BCUT2D eigenvalue weighted by molar-refractivity contribution is 5.70. The highest BCUT2D eigenvalue weighted by Gasteiger charge is 2.15. The summed E-state index contributed by atoms with van der Waals surface area (Å²) in [4.78, 5) is 23.2. The molecule has 0 N–H and O–H groups in total. The van der Waals surface area contributed by atoms with Crippen LogP contribution < -0.4 is 16.0 Å². The van der Waals surface area contributed by atoms with Gasteiger partial charge in [0.15, 0.2) is 0 Å². The summed E-state index contributed by atoms with van der Waals surface area (Å²) in [5, 5.41) is 11.7. The predicted molar refractivity (Wildman–Crippen MR) is 53.4 cm³/mol. The lowest BCUT2D eigenvalue weighted by molar-refractivity contribution is -0.580. The second-order valence-corrected chi connectivity index (χ2v) is 3.28. The molecule has 0 aliphatic carbocycles. The van der Waals surface area contributed by atoms with Crippen molar-refractivity contribution < 1.29 is 4.73 Å². The normalized spacial score (nSPS) is 10.8. The molecule has 0 amide bonds. The molecule has 0 aliphatic heterocycles. The van der Waals surface area contributed by atoms with E-state index >= 15 is 0 Å². The van der Waals surface area contributed by atoms with Gasteiger partial charge in [-0.3, -0.25) is 4.79 Å². The van der Waals surface area contributed by atoms with Crippen LogP contribution in [0.1, 0.15) is 0 Å². The van der Waals surface area contributed by atoms with Crippen LogP contribution in [0.2, 0.25) is 0 Å². The summed E-state index contributed by atoms with van der Waals surface area (Å²) in [6, 6.07) is 2.99. The summed E-state index contributed by atoms with van der Waals surface area (Å²) >= 11 is 0. The van der Waals surface area contributed by atoms with Gasteiger partial charge in [0.05, 0.1) is 13.2 Å². The predicted octanol–water partition coefficient (Wildman–Crippen LogP) is -1.13. The van der Waals surface area contributed by atoms with Crippen molar-refractivity contribution in [3.05, 3.63) is 44.4 Å². The highest BCUT2D eigenvalue weighted by Crippen LogP contribution is 1.99. The van der Waals surface area contributed by atoms with Crippen LogP contribution in [0, 0.1) is 5.21 Å². The van der Waals surface area contributed by atoms with Gasteiger partial charge in [0.2, 0.25) is 0 Å². The molecule has 0 spiro atoms. The van der Waals surface area contributed by atoms with E-state index in [0.29, 0.717) is 4.73 Å². The largest absolute Gasteiger partial charge is 0.711 e. The number of hydrogen-bond acceptors (Lipinski definition) is 3. The van der Waals surface area contributed by atoms with Crippen molar-refractivity contribution in [3.63, 3.8) is 0 Å². The van der Waals surface area contributed by atoms with Crippen LogP contribution in [0.4, 0.5) is 0 Å². The first-order valence-electron chi connectivity index (χ1n) is 4.32. The zero-order chi connectivity index (χ0) is 11.2. The molecule has 0 bridgehead atoms. The summed E-state index contributed by atoms with van der Waals surface area (Å²) in [6.07, 6.45) is 1.25. The Morgan fingerprint density at radius 3 is 2.60 bits per heavy atom. The summed E-state index contributed by atoms with van der Waals surface area (Å²) < 4.78 is 2.64. The first kappa shape index (κ1) is 9.45. The Balaban J connectivity index is 3.23. The lowest BCUT2D eigenvalue weighted by Gasteiger charge is -2.07. The fourth-order valence-corrected chi connectivity index (χ4v) is 1.56. The summed E-state index contributed by atoms with van der Waals surface area (Å²) in [5.41, 5.74) is -0.896. The molecule has 2 aromatic heterocycles. The lowest BCUT2D eigenvalue weighted by atomic mass is 10.3. The highest BCUT2D eigenvalue weighted by atomic mass is 16.5. The van der Waals surface area contributed by atoms with Gasteiger partial charge in [-0.2, -0.15) is 4.57 Å². The number of nitrogens with zero attached hydrogens (tertiary/aromatic N) is 3. The molecule has 6 nitrogen and oxygen atoms in total. The topological polar surface area (TPSA) is 70.9 Å². The molecular formula is C9H9N3O3. The van der Waals surface area contributed by atoms with Gasteiger partial charge >= 0.3 is 11.3 Å². The molecule has 0 unspecified atom stereocenters. The van der Waals surface area contributed by atoms with Crippen LogP contribution in [0.5, 0.6) is 0 Å². The van der Waals surface area contributed by atoms with Crippen molar-refractivity contribution >= 4 is 11.0 Å². The Hall–Kier alpha value is -2.11. The monoisotopic (exact) mass is 207 g/mol. The minimum absolute atomic E-state index is 0.0746. The molecule has 0 saturated carbocycles. The third-order valence-corrected chi connectivity index (χ3v) is 2.36. The van der Waals surface area contributed by atoms with Gasteiger partial charge in [0, 0.05) is 7.05 Å². The number of hydrogen-bond donors (Lipinski definition) is 0. The summed E-state index contributed by atoms with van der Waals surface area (Å²) in [5.74, 6) is 0. The van der Waals surface area contributed by atoms with E-state index < -0.39 is 11.2 Å². The van der Waals surface area contributed by atoms with E-state index in [2.05, 4.69) is 0 Å². The quantitative estimate of drug-likeness (QED) is 0.405. The average molecular weight is 207 g/mol. The van der Waals surface area contributed by atoms with Gasteiger partial charge in [-0.05, 0) is 12.1 Å². The second-order valence-electron chi connectivity index (χ2n) is 3.28. The van der Waals surface area contributed by atoms with E-state index in [1.807, 2.05) is 0 Å². The number of aromatic nitrogens is 3. The molecule has 2 aromatic rings. The van der Waals surface area contributed by atoms with E-state index in [1.54, 1.807) is 0 Å². The Morgan fingerprint density at radius 2 is 1.93 bits per heavy atom. The minimum Gasteiger partial charge on any atom is -0.711 e.